The van der Waals surface area contributed by atoms with Crippen LogP contribution in [-0.4, -0.2) is 20.0 Å². The molecule has 0 saturated heterocycles. The van der Waals surface area contributed by atoms with E-state index < -0.39 is 0 Å². The number of benzene rings is 2. The van der Waals surface area contributed by atoms with Crippen LogP contribution in [0.15, 0.2) is 36.1 Å². The van der Waals surface area contributed by atoms with Crippen LogP contribution in [0.4, 0.5) is 4.39 Å². The van der Waals surface area contributed by atoms with E-state index in [4.69, 9.17) is 14.2 Å². The predicted octanol–water partition coefficient (Wildman–Crippen LogP) is 4.06. The van der Waals surface area contributed by atoms with Gasteiger partial charge in [-0.2, -0.15) is 0 Å². The average Bonchev–Trinajstić information content (AvgIpc) is 2.88. The van der Waals surface area contributed by atoms with Gasteiger partial charge in [0.2, 0.25) is 5.78 Å². The van der Waals surface area contributed by atoms with E-state index >= 15 is 0 Å². The van der Waals surface area contributed by atoms with Crippen LogP contribution >= 0.6 is 22.6 Å². The zero-order chi connectivity index (χ0) is 16.6. The number of hydrogen-bond acceptors (Lipinski definition) is 4. The summed E-state index contributed by atoms with van der Waals surface area (Å²) in [6.45, 7) is 0. The SMILES string of the molecule is COc1cc(OC)c2c(c1I)OC(=Cc1ccc(F)cc1)C2=O. The number of hydrogen-bond donors (Lipinski definition) is 0. The molecule has 118 valence electrons. The Labute approximate surface area is 146 Å². The van der Waals surface area contributed by atoms with Crippen molar-refractivity contribution in [3.05, 3.63) is 56.6 Å². The lowest BCUT2D eigenvalue weighted by atomic mass is 10.1. The Bertz CT molecular complexity index is 812. The molecule has 0 N–H and O–H groups in total. The highest BCUT2D eigenvalue weighted by Gasteiger charge is 2.34. The molecule has 0 fully saturated rings. The fourth-order valence-corrected chi connectivity index (χ4v) is 3.05. The minimum atomic E-state index is -0.338. The van der Waals surface area contributed by atoms with Gasteiger partial charge in [-0.3, -0.25) is 4.79 Å². The van der Waals surface area contributed by atoms with Crippen LogP contribution in [-0.2, 0) is 0 Å². The number of carbonyl (C=O) groups is 1. The first kappa shape index (κ1) is 15.8. The molecule has 1 aliphatic heterocycles. The Hall–Kier alpha value is -2.09. The molecule has 0 aromatic heterocycles. The minimum Gasteiger partial charge on any atom is -0.496 e. The van der Waals surface area contributed by atoms with Crippen LogP contribution in [0.3, 0.4) is 0 Å². The molecule has 23 heavy (non-hydrogen) atoms. The van der Waals surface area contributed by atoms with Gasteiger partial charge in [0.25, 0.3) is 0 Å². The Morgan fingerprint density at radius 1 is 1.13 bits per heavy atom. The van der Waals surface area contributed by atoms with Crippen molar-refractivity contribution in [2.75, 3.05) is 14.2 Å². The van der Waals surface area contributed by atoms with Crippen molar-refractivity contribution >= 4 is 34.5 Å². The molecule has 0 bridgehead atoms. The second-order valence-electron chi connectivity index (χ2n) is 4.79. The number of Topliss-reactive ketones (excluding diaryl/α,β-unsaturated/α-hetero) is 1. The summed E-state index contributed by atoms with van der Waals surface area (Å²) in [5.41, 5.74) is 1.04. The molecule has 0 unspecified atom stereocenters. The van der Waals surface area contributed by atoms with Gasteiger partial charge in [-0.25, -0.2) is 4.39 Å². The van der Waals surface area contributed by atoms with E-state index in [2.05, 4.69) is 22.6 Å². The standard InChI is InChI=1S/C17H12FIO4/c1-21-11-8-12(22-2)15(19)17-14(11)16(20)13(23-17)7-9-3-5-10(18)6-4-9/h3-8H,1-2H3. The molecule has 0 radical (unpaired) electrons. The third-order valence-electron chi connectivity index (χ3n) is 3.42. The predicted molar refractivity (Wildman–Crippen MR) is 91.6 cm³/mol. The van der Waals surface area contributed by atoms with Gasteiger partial charge in [-0.15, -0.1) is 0 Å². The number of ketones is 1. The van der Waals surface area contributed by atoms with Crippen molar-refractivity contribution < 1.29 is 23.4 Å². The van der Waals surface area contributed by atoms with Crippen molar-refractivity contribution in [3.63, 3.8) is 0 Å². The number of fused-ring (bicyclic) bond motifs is 1. The lowest BCUT2D eigenvalue weighted by Gasteiger charge is -2.10. The number of rotatable bonds is 3. The summed E-state index contributed by atoms with van der Waals surface area (Å²) in [5.74, 6) is 0.926. The van der Waals surface area contributed by atoms with Gasteiger partial charge in [0.1, 0.15) is 22.9 Å². The maximum atomic E-state index is 13.0. The molecule has 0 atom stereocenters. The van der Waals surface area contributed by atoms with E-state index in [0.29, 0.717) is 31.9 Å². The molecule has 4 nitrogen and oxygen atoms in total. The number of ether oxygens (including phenoxy) is 3. The van der Waals surface area contributed by atoms with E-state index in [1.54, 1.807) is 24.3 Å². The summed E-state index contributed by atoms with van der Waals surface area (Å²) < 4.78 is 29.9. The summed E-state index contributed by atoms with van der Waals surface area (Å²) in [4.78, 5) is 12.6. The Morgan fingerprint density at radius 2 is 1.78 bits per heavy atom. The Kier molecular flexibility index (Phi) is 4.25. The smallest absolute Gasteiger partial charge is 0.235 e. The molecule has 3 rings (SSSR count). The maximum absolute atomic E-state index is 13.0. The third-order valence-corrected chi connectivity index (χ3v) is 4.44. The first-order valence-corrected chi connectivity index (χ1v) is 7.77. The largest absolute Gasteiger partial charge is 0.496 e. The second-order valence-corrected chi connectivity index (χ2v) is 5.87. The quantitative estimate of drug-likeness (QED) is 0.549. The molecule has 1 aliphatic rings. The molecule has 0 amide bonds. The first-order chi connectivity index (χ1) is 11.0. The van der Waals surface area contributed by atoms with E-state index in [1.165, 1.54) is 26.4 Å². The highest BCUT2D eigenvalue weighted by atomic mass is 127. The normalized spacial score (nSPS) is 14.6. The van der Waals surface area contributed by atoms with Gasteiger partial charge in [-0.1, -0.05) is 12.1 Å². The van der Waals surface area contributed by atoms with E-state index in [9.17, 15) is 9.18 Å². The zero-order valence-corrected chi connectivity index (χ0v) is 14.5. The van der Waals surface area contributed by atoms with Gasteiger partial charge in [0, 0.05) is 6.07 Å². The average molecular weight is 426 g/mol. The van der Waals surface area contributed by atoms with Crippen molar-refractivity contribution in [1.29, 1.82) is 0 Å². The molecule has 2 aromatic rings. The topological polar surface area (TPSA) is 44.8 Å². The van der Waals surface area contributed by atoms with Crippen molar-refractivity contribution in [1.82, 2.24) is 0 Å². The molecule has 0 aliphatic carbocycles. The number of halogens is 2. The summed E-state index contributed by atoms with van der Waals surface area (Å²) in [7, 11) is 3.02. The monoisotopic (exact) mass is 426 g/mol. The van der Waals surface area contributed by atoms with Crippen LogP contribution in [0.2, 0.25) is 0 Å². The van der Waals surface area contributed by atoms with Gasteiger partial charge in [0.15, 0.2) is 11.5 Å². The first-order valence-electron chi connectivity index (χ1n) is 6.69. The molecule has 1 heterocycles. The van der Waals surface area contributed by atoms with Crippen LogP contribution in [0.5, 0.6) is 17.2 Å². The highest BCUT2D eigenvalue weighted by Crippen LogP contribution is 2.45. The van der Waals surface area contributed by atoms with Crippen molar-refractivity contribution in [2.45, 2.75) is 0 Å². The third kappa shape index (κ3) is 2.78. The van der Waals surface area contributed by atoms with Crippen LogP contribution < -0.4 is 14.2 Å². The second kappa shape index (κ2) is 6.19. The minimum absolute atomic E-state index is 0.163. The Morgan fingerprint density at radius 3 is 2.39 bits per heavy atom. The summed E-state index contributed by atoms with van der Waals surface area (Å²) in [5, 5.41) is 0. The lowest BCUT2D eigenvalue weighted by molar-refractivity contribution is 0.101. The fraction of sp³-hybridized carbons (Fsp3) is 0.118. The lowest BCUT2D eigenvalue weighted by Crippen LogP contribution is -2.00. The number of allylic oxidation sites excluding steroid dienone is 1. The maximum Gasteiger partial charge on any atom is 0.235 e. The molecule has 2 aromatic carbocycles. The van der Waals surface area contributed by atoms with E-state index in [1.807, 2.05) is 0 Å². The van der Waals surface area contributed by atoms with Gasteiger partial charge >= 0.3 is 0 Å². The van der Waals surface area contributed by atoms with E-state index in [0.717, 1.165) is 0 Å². The number of methoxy groups -OCH3 is 2. The molecular formula is C17H12FIO4. The van der Waals surface area contributed by atoms with Gasteiger partial charge < -0.3 is 14.2 Å². The Balaban J connectivity index is 2.08. The van der Waals surface area contributed by atoms with Crippen LogP contribution in [0.25, 0.3) is 6.08 Å². The van der Waals surface area contributed by atoms with Crippen LogP contribution in [0, 0.1) is 9.39 Å². The highest BCUT2D eigenvalue weighted by molar-refractivity contribution is 14.1. The molecule has 0 spiro atoms. The van der Waals surface area contributed by atoms with E-state index in [-0.39, 0.29) is 17.4 Å². The summed E-state index contributed by atoms with van der Waals surface area (Å²) >= 11 is 2.06. The van der Waals surface area contributed by atoms with Gasteiger partial charge in [-0.05, 0) is 46.4 Å². The van der Waals surface area contributed by atoms with Crippen molar-refractivity contribution in [2.24, 2.45) is 0 Å². The number of carbonyl (C=O) groups excluding carboxylic acids is 1. The molecular weight excluding hydrogens is 414 g/mol. The molecule has 0 saturated carbocycles. The summed E-state index contributed by atoms with van der Waals surface area (Å²) in [6.07, 6.45) is 1.57. The zero-order valence-electron chi connectivity index (χ0n) is 12.4. The van der Waals surface area contributed by atoms with Crippen molar-refractivity contribution in [3.8, 4) is 17.2 Å². The van der Waals surface area contributed by atoms with Crippen LogP contribution in [0.1, 0.15) is 15.9 Å². The molecule has 6 heteroatoms. The summed E-state index contributed by atoms with van der Waals surface area (Å²) in [6, 6.07) is 7.46. The van der Waals surface area contributed by atoms with Gasteiger partial charge in [0.05, 0.1) is 17.8 Å². The fourth-order valence-electron chi connectivity index (χ4n) is 2.29.